The van der Waals surface area contributed by atoms with Gasteiger partial charge in [0.1, 0.15) is 17.6 Å². The maximum Gasteiger partial charge on any atom is 0.258 e. The second-order valence-corrected chi connectivity index (χ2v) is 8.02. The maximum atomic E-state index is 13.1. The van der Waals surface area contributed by atoms with Crippen molar-refractivity contribution in [2.75, 3.05) is 13.2 Å². The van der Waals surface area contributed by atoms with Crippen LogP contribution < -0.4 is 10.1 Å². The summed E-state index contributed by atoms with van der Waals surface area (Å²) in [5.74, 6) is 2.15. The molecule has 1 aromatic heterocycles. The normalized spacial score (nSPS) is 19.6. The zero-order chi connectivity index (χ0) is 20.9. The van der Waals surface area contributed by atoms with E-state index in [2.05, 4.69) is 20.1 Å². The lowest BCUT2D eigenvalue weighted by Gasteiger charge is -2.27. The van der Waals surface area contributed by atoms with Crippen LogP contribution in [0.15, 0.2) is 30.3 Å². The molecule has 0 bridgehead atoms. The number of benzene rings is 1. The molecule has 2 aliphatic rings. The fourth-order valence-electron chi connectivity index (χ4n) is 4.31. The van der Waals surface area contributed by atoms with E-state index in [-0.39, 0.29) is 24.5 Å². The summed E-state index contributed by atoms with van der Waals surface area (Å²) in [6.45, 7) is 3.19. The van der Waals surface area contributed by atoms with Crippen LogP contribution >= 0.6 is 0 Å². The van der Waals surface area contributed by atoms with Crippen LogP contribution in [-0.4, -0.2) is 50.7 Å². The second-order valence-electron chi connectivity index (χ2n) is 8.02. The molecule has 0 radical (unpaired) electrons. The highest BCUT2D eigenvalue weighted by atomic mass is 16.5. The Morgan fingerprint density at radius 3 is 2.80 bits per heavy atom. The fourth-order valence-corrected chi connectivity index (χ4v) is 4.31. The van der Waals surface area contributed by atoms with Crippen molar-refractivity contribution in [1.29, 1.82) is 0 Å². The molecule has 8 nitrogen and oxygen atoms in total. The van der Waals surface area contributed by atoms with Crippen LogP contribution in [0.2, 0.25) is 0 Å². The lowest BCUT2D eigenvalue weighted by atomic mass is 10.2. The summed E-state index contributed by atoms with van der Waals surface area (Å²) in [6.07, 6.45) is 6.20. The molecule has 1 aromatic carbocycles. The van der Waals surface area contributed by atoms with Gasteiger partial charge in [0, 0.05) is 19.5 Å². The molecule has 0 aliphatic carbocycles. The summed E-state index contributed by atoms with van der Waals surface area (Å²) in [4.78, 5) is 27.2. The summed E-state index contributed by atoms with van der Waals surface area (Å²) >= 11 is 0. The highest BCUT2D eigenvalue weighted by Crippen LogP contribution is 2.32. The molecule has 2 atom stereocenters. The predicted molar refractivity (Wildman–Crippen MR) is 111 cm³/mol. The number of amides is 2. The number of hydrogen-bond donors (Lipinski definition) is 1. The zero-order valence-electron chi connectivity index (χ0n) is 17.4. The molecular formula is C22H29N5O3. The third kappa shape index (κ3) is 4.47. The van der Waals surface area contributed by atoms with Gasteiger partial charge in [-0.1, -0.05) is 24.6 Å². The van der Waals surface area contributed by atoms with Crippen molar-refractivity contribution < 1.29 is 14.3 Å². The van der Waals surface area contributed by atoms with Crippen LogP contribution in [-0.2, 0) is 22.6 Å². The number of aromatic nitrogens is 3. The largest absolute Gasteiger partial charge is 0.484 e. The fraction of sp³-hybridized carbons (Fsp3) is 0.545. The van der Waals surface area contributed by atoms with Gasteiger partial charge in [-0.3, -0.25) is 9.59 Å². The predicted octanol–water partition coefficient (Wildman–Crippen LogP) is 2.25. The maximum absolute atomic E-state index is 13.1. The van der Waals surface area contributed by atoms with Crippen molar-refractivity contribution in [1.82, 2.24) is 25.0 Å². The van der Waals surface area contributed by atoms with Crippen LogP contribution in [0.25, 0.3) is 0 Å². The number of aryl methyl sites for hydroxylation is 1. The minimum Gasteiger partial charge on any atom is -0.484 e. The first kappa shape index (κ1) is 20.4. The standard InChI is InChI=1S/C22H29N5O3/c1-16(23-20(28)15-30-17-9-4-2-5-10-17)22(29)26-14-8-11-18(26)21-25-24-19-12-6-3-7-13-27(19)21/h2,4-5,9-10,16,18H,3,6-8,11-15H2,1H3,(H,23,28)/t16-,18+/m0/s1. The van der Waals surface area contributed by atoms with E-state index in [4.69, 9.17) is 4.74 Å². The summed E-state index contributed by atoms with van der Waals surface area (Å²) in [5.41, 5.74) is 0. The molecule has 1 saturated heterocycles. The molecule has 2 aliphatic heterocycles. The third-order valence-electron chi connectivity index (χ3n) is 5.83. The van der Waals surface area contributed by atoms with Gasteiger partial charge in [0.2, 0.25) is 5.91 Å². The lowest BCUT2D eigenvalue weighted by Crippen LogP contribution is -2.48. The molecule has 0 saturated carbocycles. The summed E-state index contributed by atoms with van der Waals surface area (Å²) in [6, 6.07) is 8.46. The van der Waals surface area contributed by atoms with Gasteiger partial charge < -0.3 is 19.5 Å². The van der Waals surface area contributed by atoms with E-state index in [1.54, 1.807) is 19.1 Å². The molecule has 3 heterocycles. The second kappa shape index (κ2) is 9.28. The van der Waals surface area contributed by atoms with E-state index in [0.717, 1.165) is 50.3 Å². The van der Waals surface area contributed by atoms with Gasteiger partial charge in [-0.25, -0.2) is 0 Å². The van der Waals surface area contributed by atoms with Gasteiger partial charge in [0.25, 0.3) is 5.91 Å². The molecule has 30 heavy (non-hydrogen) atoms. The Morgan fingerprint density at radius 2 is 1.97 bits per heavy atom. The zero-order valence-corrected chi connectivity index (χ0v) is 17.4. The lowest BCUT2D eigenvalue weighted by molar-refractivity contribution is -0.137. The van der Waals surface area contributed by atoms with E-state index in [0.29, 0.717) is 12.3 Å². The SMILES string of the molecule is C[C@H](NC(=O)COc1ccccc1)C(=O)N1CCC[C@@H]1c1nnc2n1CCCCC2. The summed E-state index contributed by atoms with van der Waals surface area (Å²) in [5, 5.41) is 11.6. The number of para-hydroxylation sites is 1. The number of likely N-dealkylation sites (tertiary alicyclic amines) is 1. The van der Waals surface area contributed by atoms with Crippen LogP contribution in [0.4, 0.5) is 0 Å². The molecule has 160 valence electrons. The Kier molecular flexibility index (Phi) is 6.30. The van der Waals surface area contributed by atoms with Gasteiger partial charge in [0.15, 0.2) is 12.4 Å². The first-order valence-corrected chi connectivity index (χ1v) is 10.8. The van der Waals surface area contributed by atoms with Gasteiger partial charge in [-0.2, -0.15) is 0 Å². The topological polar surface area (TPSA) is 89.3 Å². The molecule has 0 unspecified atom stereocenters. The van der Waals surface area contributed by atoms with Crippen LogP contribution in [0.1, 0.15) is 56.7 Å². The van der Waals surface area contributed by atoms with E-state index < -0.39 is 6.04 Å². The summed E-state index contributed by atoms with van der Waals surface area (Å²) < 4.78 is 7.68. The number of carbonyl (C=O) groups is 2. The molecule has 1 fully saturated rings. The highest BCUT2D eigenvalue weighted by Gasteiger charge is 2.36. The molecule has 8 heteroatoms. The van der Waals surface area contributed by atoms with Crippen molar-refractivity contribution >= 4 is 11.8 Å². The third-order valence-corrected chi connectivity index (χ3v) is 5.83. The van der Waals surface area contributed by atoms with Crippen LogP contribution in [0, 0.1) is 0 Å². The number of carbonyl (C=O) groups excluding carboxylic acids is 2. The van der Waals surface area contributed by atoms with Gasteiger partial charge in [-0.15, -0.1) is 10.2 Å². The number of nitrogens with one attached hydrogen (secondary N) is 1. The van der Waals surface area contributed by atoms with Gasteiger partial charge in [-0.05, 0) is 44.7 Å². The Bertz CT molecular complexity index is 882. The van der Waals surface area contributed by atoms with Crippen molar-refractivity contribution in [2.24, 2.45) is 0 Å². The molecule has 1 N–H and O–H groups in total. The quantitative estimate of drug-likeness (QED) is 0.788. The first-order chi connectivity index (χ1) is 14.6. The van der Waals surface area contributed by atoms with Crippen molar-refractivity contribution in [3.8, 4) is 5.75 Å². The number of rotatable bonds is 6. The molecule has 2 aromatic rings. The van der Waals surface area contributed by atoms with Crippen molar-refractivity contribution in [3.05, 3.63) is 42.0 Å². The number of ether oxygens (including phenoxy) is 1. The van der Waals surface area contributed by atoms with Crippen LogP contribution in [0.5, 0.6) is 5.75 Å². The molecular weight excluding hydrogens is 382 g/mol. The van der Waals surface area contributed by atoms with Gasteiger partial charge >= 0.3 is 0 Å². The highest BCUT2D eigenvalue weighted by molar-refractivity contribution is 5.88. The molecule has 4 rings (SSSR count). The van der Waals surface area contributed by atoms with E-state index in [1.165, 1.54) is 6.42 Å². The Balaban J connectivity index is 1.37. The minimum absolute atomic E-state index is 0.0724. The summed E-state index contributed by atoms with van der Waals surface area (Å²) in [7, 11) is 0. The number of hydrogen-bond acceptors (Lipinski definition) is 5. The van der Waals surface area contributed by atoms with E-state index in [1.807, 2.05) is 23.1 Å². The first-order valence-electron chi connectivity index (χ1n) is 10.8. The van der Waals surface area contributed by atoms with Gasteiger partial charge in [0.05, 0.1) is 6.04 Å². The smallest absolute Gasteiger partial charge is 0.258 e. The Labute approximate surface area is 176 Å². The minimum atomic E-state index is -0.621. The monoisotopic (exact) mass is 411 g/mol. The van der Waals surface area contributed by atoms with E-state index >= 15 is 0 Å². The molecule has 2 amide bonds. The average molecular weight is 412 g/mol. The molecule has 0 spiro atoms. The van der Waals surface area contributed by atoms with Crippen molar-refractivity contribution in [3.63, 3.8) is 0 Å². The van der Waals surface area contributed by atoms with Crippen molar-refractivity contribution in [2.45, 2.75) is 64.1 Å². The van der Waals surface area contributed by atoms with E-state index in [9.17, 15) is 9.59 Å². The average Bonchev–Trinajstić information content (AvgIpc) is 3.33. The Morgan fingerprint density at radius 1 is 1.13 bits per heavy atom. The Hall–Kier alpha value is -2.90. The number of nitrogens with zero attached hydrogens (tertiary/aromatic N) is 4. The number of fused-ring (bicyclic) bond motifs is 1. The van der Waals surface area contributed by atoms with Crippen LogP contribution in [0.3, 0.4) is 0 Å².